The van der Waals surface area contributed by atoms with Gasteiger partial charge in [-0.3, -0.25) is 9.59 Å². The van der Waals surface area contributed by atoms with Crippen LogP contribution >= 0.6 is 0 Å². The lowest BCUT2D eigenvalue weighted by atomic mass is 9.77. The fraction of sp³-hybridized carbons (Fsp3) is 0.615. The summed E-state index contributed by atoms with van der Waals surface area (Å²) in [4.78, 5) is 28.4. The molecular weight excluding hydrogens is 420 g/mol. The van der Waals surface area contributed by atoms with Gasteiger partial charge in [0.25, 0.3) is 0 Å². The highest BCUT2D eigenvalue weighted by Crippen LogP contribution is 2.47. The first kappa shape index (κ1) is 22.4. The van der Waals surface area contributed by atoms with E-state index in [2.05, 4.69) is 5.32 Å². The van der Waals surface area contributed by atoms with Gasteiger partial charge < -0.3 is 25.2 Å². The van der Waals surface area contributed by atoms with Gasteiger partial charge >= 0.3 is 0 Å². The van der Waals surface area contributed by atoms with Crippen molar-refractivity contribution >= 4 is 11.8 Å². The highest BCUT2D eigenvalue weighted by atomic mass is 16.5. The minimum absolute atomic E-state index is 0.0280. The molecule has 3 aliphatic carbocycles. The van der Waals surface area contributed by atoms with Gasteiger partial charge in [-0.25, -0.2) is 0 Å². The number of para-hydroxylation sites is 1. The van der Waals surface area contributed by atoms with Gasteiger partial charge in [-0.2, -0.15) is 0 Å². The molecule has 1 aromatic carbocycles. The number of ether oxygens (including phenoxy) is 1. The Hall–Kier alpha value is -2.38. The van der Waals surface area contributed by atoms with Crippen LogP contribution in [-0.4, -0.2) is 64.9 Å². The van der Waals surface area contributed by atoms with Crippen LogP contribution in [0.4, 0.5) is 0 Å². The van der Waals surface area contributed by atoms with Crippen molar-refractivity contribution < 1.29 is 24.5 Å². The van der Waals surface area contributed by atoms with Gasteiger partial charge in [0.15, 0.2) is 0 Å². The van der Waals surface area contributed by atoms with Crippen LogP contribution in [-0.2, 0) is 9.59 Å². The number of benzene rings is 1. The molecule has 4 unspecified atom stereocenters. The highest BCUT2D eigenvalue weighted by Gasteiger charge is 2.51. The van der Waals surface area contributed by atoms with Gasteiger partial charge in [0.2, 0.25) is 11.8 Å². The van der Waals surface area contributed by atoms with E-state index in [0.717, 1.165) is 31.2 Å². The number of rotatable bonds is 7. The van der Waals surface area contributed by atoms with Crippen molar-refractivity contribution in [3.63, 3.8) is 0 Å². The Kier molecular flexibility index (Phi) is 6.43. The summed E-state index contributed by atoms with van der Waals surface area (Å²) in [7, 11) is 0. The molecule has 33 heavy (non-hydrogen) atoms. The second kappa shape index (κ2) is 9.47. The molecule has 2 amide bonds. The molecule has 7 heteroatoms. The van der Waals surface area contributed by atoms with Gasteiger partial charge in [-0.05, 0) is 43.7 Å². The van der Waals surface area contributed by atoms with Crippen LogP contribution < -0.4 is 10.1 Å². The minimum Gasteiger partial charge on any atom is -0.486 e. The summed E-state index contributed by atoms with van der Waals surface area (Å²) in [6, 6.07) is 6.95. The quantitative estimate of drug-likeness (QED) is 0.586. The summed E-state index contributed by atoms with van der Waals surface area (Å²) in [5, 5.41) is 23.5. The van der Waals surface area contributed by atoms with Gasteiger partial charge in [0.1, 0.15) is 18.0 Å². The predicted molar refractivity (Wildman–Crippen MR) is 123 cm³/mol. The van der Waals surface area contributed by atoms with Crippen molar-refractivity contribution in [1.29, 1.82) is 0 Å². The molecular formula is C26H34N2O5. The second-order valence-electron chi connectivity index (χ2n) is 9.95. The first-order valence-corrected chi connectivity index (χ1v) is 12.4. The van der Waals surface area contributed by atoms with Crippen LogP contribution in [0.5, 0.6) is 5.75 Å². The van der Waals surface area contributed by atoms with Gasteiger partial charge in [0.05, 0.1) is 18.6 Å². The van der Waals surface area contributed by atoms with E-state index in [9.17, 15) is 19.8 Å². The summed E-state index contributed by atoms with van der Waals surface area (Å²) in [5.41, 5.74) is 1.38. The maximum atomic E-state index is 13.4. The third-order valence-electron chi connectivity index (χ3n) is 7.63. The lowest BCUT2D eigenvalue weighted by Crippen LogP contribution is -2.57. The number of aliphatic hydroxyl groups excluding tert-OH is 2. The maximum absolute atomic E-state index is 13.4. The molecule has 1 heterocycles. The van der Waals surface area contributed by atoms with Crippen LogP contribution in [0.25, 0.3) is 0 Å². The Labute approximate surface area is 194 Å². The van der Waals surface area contributed by atoms with E-state index in [1.165, 1.54) is 19.3 Å². The monoisotopic (exact) mass is 454 g/mol. The normalized spacial score (nSPS) is 28.8. The van der Waals surface area contributed by atoms with E-state index >= 15 is 0 Å². The first-order chi connectivity index (χ1) is 16.1. The zero-order chi connectivity index (χ0) is 22.9. The minimum atomic E-state index is -0.928. The smallest absolute Gasteiger partial charge is 0.247 e. The fourth-order valence-corrected chi connectivity index (χ4v) is 5.76. The van der Waals surface area contributed by atoms with Gasteiger partial charge in [-0.1, -0.05) is 37.5 Å². The molecule has 3 N–H and O–H groups in total. The van der Waals surface area contributed by atoms with Gasteiger partial charge in [-0.15, -0.1) is 0 Å². The van der Waals surface area contributed by atoms with Crippen molar-refractivity contribution in [1.82, 2.24) is 10.2 Å². The van der Waals surface area contributed by atoms with Crippen LogP contribution in [0.3, 0.4) is 0 Å². The number of aliphatic hydroxyl groups is 2. The highest BCUT2D eigenvalue weighted by molar-refractivity contribution is 5.96. The molecule has 7 nitrogen and oxygen atoms in total. The third-order valence-corrected chi connectivity index (χ3v) is 7.63. The van der Waals surface area contributed by atoms with Crippen molar-refractivity contribution in [2.24, 2.45) is 11.8 Å². The van der Waals surface area contributed by atoms with E-state index in [4.69, 9.17) is 4.74 Å². The Bertz CT molecular complexity index is 921. The summed E-state index contributed by atoms with van der Waals surface area (Å²) < 4.78 is 6.18. The van der Waals surface area contributed by atoms with E-state index in [1.807, 2.05) is 29.2 Å². The number of carbonyl (C=O) groups is 2. The lowest BCUT2D eigenvalue weighted by molar-refractivity contribution is -0.139. The number of hydrogen-bond donors (Lipinski definition) is 3. The van der Waals surface area contributed by atoms with Crippen molar-refractivity contribution in [2.75, 3.05) is 19.7 Å². The van der Waals surface area contributed by atoms with E-state index in [1.54, 1.807) is 6.08 Å². The number of nitrogens with zero attached hydrogens (tertiary/aromatic N) is 1. The SMILES string of the molecule is O=C(NCCO)C1=CC(N(CC2CCCCC2)C(=O)C2CC2)C(O)C2Oc3ccccc3C12. The van der Waals surface area contributed by atoms with E-state index in [0.29, 0.717) is 23.8 Å². The zero-order valence-corrected chi connectivity index (χ0v) is 19.0. The topological polar surface area (TPSA) is 99.1 Å². The van der Waals surface area contributed by atoms with Crippen LogP contribution in [0.2, 0.25) is 0 Å². The molecule has 5 rings (SSSR count). The lowest BCUT2D eigenvalue weighted by Gasteiger charge is -2.42. The average Bonchev–Trinajstić information content (AvgIpc) is 3.62. The molecule has 0 saturated heterocycles. The largest absolute Gasteiger partial charge is 0.486 e. The Balaban J connectivity index is 1.50. The standard InChI is InChI=1S/C26H34N2O5/c29-13-12-27-25(31)19-14-20(23(30)24-22(19)18-8-4-5-9-21(18)33-24)28(26(32)17-10-11-17)15-16-6-2-1-3-7-16/h4-5,8-9,14,16-17,20,22-24,29-30H,1-3,6-7,10-13,15H2,(H,27,31). The zero-order valence-electron chi connectivity index (χ0n) is 19.0. The first-order valence-electron chi connectivity index (χ1n) is 12.4. The average molecular weight is 455 g/mol. The molecule has 4 aliphatic rings. The summed E-state index contributed by atoms with van der Waals surface area (Å²) in [6.45, 7) is 0.611. The molecule has 2 fully saturated rings. The van der Waals surface area contributed by atoms with Gasteiger partial charge in [0, 0.05) is 30.1 Å². The molecule has 178 valence electrons. The number of fused-ring (bicyclic) bond motifs is 3. The Morgan fingerprint density at radius 1 is 1.09 bits per heavy atom. The number of nitrogens with one attached hydrogen (secondary N) is 1. The van der Waals surface area contributed by atoms with E-state index in [-0.39, 0.29) is 30.9 Å². The Morgan fingerprint density at radius 2 is 1.85 bits per heavy atom. The van der Waals surface area contributed by atoms with Crippen LogP contribution in [0.1, 0.15) is 56.4 Å². The number of hydrogen-bond acceptors (Lipinski definition) is 5. The number of carbonyl (C=O) groups excluding carboxylic acids is 2. The molecule has 0 spiro atoms. The molecule has 2 saturated carbocycles. The van der Waals surface area contributed by atoms with E-state index < -0.39 is 24.2 Å². The van der Waals surface area contributed by atoms with Crippen molar-refractivity contribution in [3.8, 4) is 5.75 Å². The fourth-order valence-electron chi connectivity index (χ4n) is 5.76. The van der Waals surface area contributed by atoms with Crippen molar-refractivity contribution in [3.05, 3.63) is 41.5 Å². The predicted octanol–water partition coefficient (Wildman–Crippen LogP) is 2.13. The summed E-state index contributed by atoms with van der Waals surface area (Å²) >= 11 is 0. The molecule has 1 aromatic rings. The molecule has 4 atom stereocenters. The van der Waals surface area contributed by atoms with Crippen molar-refractivity contribution in [2.45, 2.75) is 69.1 Å². The summed E-state index contributed by atoms with van der Waals surface area (Å²) in [6.07, 6.45) is 7.81. The second-order valence-corrected chi connectivity index (χ2v) is 9.95. The Morgan fingerprint density at radius 3 is 2.58 bits per heavy atom. The van der Waals surface area contributed by atoms with Crippen LogP contribution in [0.15, 0.2) is 35.9 Å². The maximum Gasteiger partial charge on any atom is 0.247 e. The summed E-state index contributed by atoms with van der Waals surface area (Å²) in [5.74, 6) is 0.519. The van der Waals surface area contributed by atoms with Crippen LogP contribution in [0, 0.1) is 11.8 Å². The molecule has 0 radical (unpaired) electrons. The third kappa shape index (κ3) is 4.41. The molecule has 0 bridgehead atoms. The molecule has 1 aliphatic heterocycles. The number of amides is 2. The molecule has 0 aromatic heterocycles.